The lowest BCUT2D eigenvalue weighted by molar-refractivity contribution is 0.0531. The second kappa shape index (κ2) is 5.10. The van der Waals surface area contributed by atoms with E-state index in [-0.39, 0.29) is 11.9 Å². The predicted molar refractivity (Wildman–Crippen MR) is 70.3 cm³/mol. The Bertz CT molecular complexity index is 421. The smallest absolute Gasteiger partial charge is 0.257 e. The molecule has 5 nitrogen and oxygen atoms in total. The van der Waals surface area contributed by atoms with E-state index in [1.807, 2.05) is 18.7 Å². The number of hydrogen-bond acceptors (Lipinski definition) is 3. The maximum atomic E-state index is 12.6. The van der Waals surface area contributed by atoms with Gasteiger partial charge in [-0.1, -0.05) is 6.92 Å². The Kier molecular flexibility index (Phi) is 3.71. The van der Waals surface area contributed by atoms with Gasteiger partial charge in [-0.25, -0.2) is 0 Å². The number of carbonyl (C=O) groups excluding carboxylic acids is 1. The van der Waals surface area contributed by atoms with Crippen molar-refractivity contribution in [2.75, 3.05) is 13.1 Å². The molecule has 2 unspecified atom stereocenters. The van der Waals surface area contributed by atoms with E-state index in [2.05, 4.69) is 17.1 Å². The van der Waals surface area contributed by atoms with Gasteiger partial charge in [0.2, 0.25) is 0 Å². The van der Waals surface area contributed by atoms with E-state index in [0.717, 1.165) is 30.8 Å². The van der Waals surface area contributed by atoms with Gasteiger partial charge >= 0.3 is 0 Å². The van der Waals surface area contributed by atoms with Crippen LogP contribution in [0.4, 0.5) is 0 Å². The van der Waals surface area contributed by atoms with Crippen molar-refractivity contribution in [2.45, 2.75) is 39.7 Å². The summed E-state index contributed by atoms with van der Waals surface area (Å²) in [5, 5.41) is 6.97. The minimum atomic E-state index is 0.0701. The van der Waals surface area contributed by atoms with Crippen LogP contribution >= 0.6 is 0 Å². The molecular weight excluding hydrogens is 228 g/mol. The van der Waals surface area contributed by atoms with Gasteiger partial charge in [0.05, 0.1) is 11.3 Å². The molecule has 1 aromatic heterocycles. The Morgan fingerprint density at radius 2 is 2.28 bits per heavy atom. The van der Waals surface area contributed by atoms with Crippen LogP contribution in [0, 0.1) is 19.8 Å². The number of likely N-dealkylation sites (tertiary alicyclic amines) is 1. The molecule has 0 radical (unpaired) electrons. The molecule has 1 amide bonds. The largest absolute Gasteiger partial charge is 0.334 e. The SMILES string of the molecule is Cc1n[nH]c(C)c1C(=O)N1CCCC(C)C1CN. The molecule has 0 spiro atoms. The Balaban J connectivity index is 2.27. The molecule has 0 saturated carbocycles. The van der Waals surface area contributed by atoms with Crippen LogP contribution in [0.5, 0.6) is 0 Å². The molecule has 1 aliphatic heterocycles. The first kappa shape index (κ1) is 13.1. The highest BCUT2D eigenvalue weighted by Crippen LogP contribution is 2.25. The van der Waals surface area contributed by atoms with Crippen LogP contribution in [0.3, 0.4) is 0 Å². The molecule has 2 rings (SSSR count). The fourth-order valence-electron chi connectivity index (χ4n) is 2.87. The van der Waals surface area contributed by atoms with Crippen LogP contribution < -0.4 is 5.73 Å². The summed E-state index contributed by atoms with van der Waals surface area (Å²) in [6, 6.07) is 0.153. The minimum Gasteiger partial charge on any atom is -0.334 e. The average molecular weight is 250 g/mol. The normalized spacial score (nSPS) is 24.3. The fraction of sp³-hybridized carbons (Fsp3) is 0.692. The number of nitrogens with two attached hydrogens (primary N) is 1. The van der Waals surface area contributed by atoms with Gasteiger partial charge in [0.1, 0.15) is 0 Å². The van der Waals surface area contributed by atoms with Crippen molar-refractivity contribution in [3.63, 3.8) is 0 Å². The molecule has 0 bridgehead atoms. The monoisotopic (exact) mass is 250 g/mol. The van der Waals surface area contributed by atoms with Crippen LogP contribution in [-0.2, 0) is 0 Å². The van der Waals surface area contributed by atoms with E-state index in [1.165, 1.54) is 0 Å². The molecule has 1 saturated heterocycles. The van der Waals surface area contributed by atoms with Gasteiger partial charge in [0, 0.05) is 24.8 Å². The lowest BCUT2D eigenvalue weighted by Gasteiger charge is -2.39. The molecule has 5 heteroatoms. The predicted octanol–water partition coefficient (Wildman–Crippen LogP) is 1.23. The van der Waals surface area contributed by atoms with Crippen molar-refractivity contribution in [3.8, 4) is 0 Å². The first-order chi connectivity index (χ1) is 8.56. The number of rotatable bonds is 2. The van der Waals surface area contributed by atoms with Gasteiger partial charge in [0.15, 0.2) is 0 Å². The minimum absolute atomic E-state index is 0.0701. The number of piperidine rings is 1. The fourth-order valence-corrected chi connectivity index (χ4v) is 2.87. The lowest BCUT2D eigenvalue weighted by atomic mass is 9.90. The standard InChI is InChI=1S/C13H22N4O/c1-8-5-4-6-17(11(8)7-14)13(18)12-9(2)15-16-10(12)3/h8,11H,4-7,14H2,1-3H3,(H,15,16). The lowest BCUT2D eigenvalue weighted by Crippen LogP contribution is -2.51. The molecular formula is C13H22N4O. The number of nitrogens with zero attached hydrogens (tertiary/aromatic N) is 2. The van der Waals surface area contributed by atoms with E-state index < -0.39 is 0 Å². The van der Waals surface area contributed by atoms with Crippen molar-refractivity contribution in [1.82, 2.24) is 15.1 Å². The van der Waals surface area contributed by atoms with Crippen LogP contribution in [-0.4, -0.2) is 40.1 Å². The van der Waals surface area contributed by atoms with E-state index in [1.54, 1.807) is 0 Å². The summed E-state index contributed by atoms with van der Waals surface area (Å²) in [5.41, 5.74) is 8.15. The summed E-state index contributed by atoms with van der Waals surface area (Å²) < 4.78 is 0. The molecule has 18 heavy (non-hydrogen) atoms. The average Bonchev–Trinajstić information content (AvgIpc) is 2.68. The zero-order valence-electron chi connectivity index (χ0n) is 11.4. The van der Waals surface area contributed by atoms with Gasteiger partial charge in [-0.2, -0.15) is 5.10 Å². The Hall–Kier alpha value is -1.36. The highest BCUT2D eigenvalue weighted by Gasteiger charge is 2.33. The molecule has 1 aliphatic rings. The number of hydrogen-bond donors (Lipinski definition) is 2. The maximum Gasteiger partial charge on any atom is 0.257 e. The number of aromatic nitrogens is 2. The number of aryl methyl sites for hydroxylation is 2. The number of nitrogens with one attached hydrogen (secondary N) is 1. The van der Waals surface area contributed by atoms with Gasteiger partial charge < -0.3 is 10.6 Å². The number of amides is 1. The summed E-state index contributed by atoms with van der Waals surface area (Å²) in [6.07, 6.45) is 2.20. The quantitative estimate of drug-likeness (QED) is 0.829. The van der Waals surface area contributed by atoms with E-state index >= 15 is 0 Å². The highest BCUT2D eigenvalue weighted by molar-refractivity contribution is 5.96. The molecule has 0 aliphatic carbocycles. The number of H-pyrrole nitrogens is 1. The maximum absolute atomic E-state index is 12.6. The zero-order chi connectivity index (χ0) is 13.3. The molecule has 1 fully saturated rings. The molecule has 100 valence electrons. The first-order valence-corrected chi connectivity index (χ1v) is 6.58. The second-order valence-electron chi connectivity index (χ2n) is 5.23. The first-order valence-electron chi connectivity index (χ1n) is 6.58. The Labute approximate surface area is 108 Å². The highest BCUT2D eigenvalue weighted by atomic mass is 16.2. The Morgan fingerprint density at radius 3 is 2.83 bits per heavy atom. The van der Waals surface area contributed by atoms with Gasteiger partial charge in [-0.3, -0.25) is 9.89 Å². The molecule has 2 heterocycles. The van der Waals surface area contributed by atoms with Crippen LogP contribution in [0.1, 0.15) is 41.5 Å². The topological polar surface area (TPSA) is 75.0 Å². The van der Waals surface area contributed by atoms with E-state index in [0.29, 0.717) is 18.0 Å². The summed E-state index contributed by atoms with van der Waals surface area (Å²) in [5.74, 6) is 0.543. The summed E-state index contributed by atoms with van der Waals surface area (Å²) >= 11 is 0. The molecule has 1 aromatic rings. The van der Waals surface area contributed by atoms with Crippen molar-refractivity contribution >= 4 is 5.91 Å². The third kappa shape index (κ3) is 2.14. The van der Waals surface area contributed by atoms with Crippen LogP contribution in [0.15, 0.2) is 0 Å². The van der Waals surface area contributed by atoms with Crippen molar-refractivity contribution in [1.29, 1.82) is 0 Å². The Morgan fingerprint density at radius 1 is 1.56 bits per heavy atom. The van der Waals surface area contributed by atoms with Gasteiger partial charge in [0.25, 0.3) is 5.91 Å². The van der Waals surface area contributed by atoms with Gasteiger partial charge in [-0.05, 0) is 32.6 Å². The summed E-state index contributed by atoms with van der Waals surface area (Å²) in [4.78, 5) is 14.6. The number of aromatic amines is 1. The second-order valence-corrected chi connectivity index (χ2v) is 5.23. The molecule has 3 N–H and O–H groups in total. The van der Waals surface area contributed by atoms with Crippen molar-refractivity contribution < 1.29 is 4.79 Å². The molecule has 0 aromatic carbocycles. The summed E-state index contributed by atoms with van der Waals surface area (Å²) in [7, 11) is 0. The van der Waals surface area contributed by atoms with Crippen molar-refractivity contribution in [3.05, 3.63) is 17.0 Å². The van der Waals surface area contributed by atoms with Crippen LogP contribution in [0.2, 0.25) is 0 Å². The third-order valence-corrected chi connectivity index (χ3v) is 3.96. The third-order valence-electron chi connectivity index (χ3n) is 3.96. The van der Waals surface area contributed by atoms with Crippen molar-refractivity contribution in [2.24, 2.45) is 11.7 Å². The van der Waals surface area contributed by atoms with Crippen LogP contribution in [0.25, 0.3) is 0 Å². The zero-order valence-corrected chi connectivity index (χ0v) is 11.4. The van der Waals surface area contributed by atoms with Gasteiger partial charge in [-0.15, -0.1) is 0 Å². The van der Waals surface area contributed by atoms with E-state index in [4.69, 9.17) is 5.73 Å². The number of carbonyl (C=O) groups is 1. The van der Waals surface area contributed by atoms with E-state index in [9.17, 15) is 4.79 Å². The molecule has 2 atom stereocenters. The summed E-state index contributed by atoms with van der Waals surface area (Å²) in [6.45, 7) is 7.25.